The Morgan fingerprint density at radius 1 is 0.920 bits per heavy atom. The second-order valence-electron chi connectivity index (χ2n) is 5.18. The molecule has 122 valence electrons. The van der Waals surface area contributed by atoms with Gasteiger partial charge in [-0.1, -0.05) is 72.3 Å². The van der Waals surface area contributed by atoms with Crippen molar-refractivity contribution in [1.82, 2.24) is 0 Å². The Balaban J connectivity index is 0.00000225. The molecule has 5 heteroatoms. The first-order chi connectivity index (χ1) is 11.7. The number of benzene rings is 3. The summed E-state index contributed by atoms with van der Waals surface area (Å²) in [5, 5.41) is 1.42. The first kappa shape index (κ1) is 19.8. The molecule has 25 heavy (non-hydrogen) atoms. The minimum atomic E-state index is -0.0275. The molecule has 0 N–H and O–H groups in total. The summed E-state index contributed by atoms with van der Waals surface area (Å²) in [6, 6.07) is 23.3. The molecule has 0 aromatic heterocycles. The molecule has 0 bridgehead atoms. The van der Waals surface area contributed by atoms with Crippen molar-refractivity contribution >= 4 is 49.9 Å². The van der Waals surface area contributed by atoms with Gasteiger partial charge >= 0.3 is 18.9 Å². The van der Waals surface area contributed by atoms with Crippen molar-refractivity contribution in [2.45, 2.75) is 0 Å². The van der Waals surface area contributed by atoms with E-state index in [9.17, 15) is 4.79 Å². The van der Waals surface area contributed by atoms with Gasteiger partial charge in [0.05, 0.1) is 17.7 Å². The zero-order valence-corrected chi connectivity index (χ0v) is 14.9. The van der Waals surface area contributed by atoms with Crippen molar-refractivity contribution in [1.29, 1.82) is 0 Å². The van der Waals surface area contributed by atoms with Crippen LogP contribution < -0.4 is 10.0 Å². The van der Waals surface area contributed by atoms with Gasteiger partial charge in [-0.15, -0.1) is 0 Å². The van der Waals surface area contributed by atoms with Crippen molar-refractivity contribution in [3.05, 3.63) is 83.4 Å². The Labute approximate surface area is 166 Å². The quantitative estimate of drug-likeness (QED) is 0.493. The van der Waals surface area contributed by atoms with Gasteiger partial charge in [0.15, 0.2) is 5.52 Å². The van der Waals surface area contributed by atoms with E-state index in [1.54, 1.807) is 25.3 Å². The molecule has 0 fully saturated rings. The van der Waals surface area contributed by atoms with Crippen LogP contribution in [0.5, 0.6) is 5.75 Å². The van der Waals surface area contributed by atoms with Crippen molar-refractivity contribution in [3.63, 3.8) is 0 Å². The third-order valence-electron chi connectivity index (χ3n) is 3.68. The van der Waals surface area contributed by atoms with Gasteiger partial charge in [-0.05, 0) is 37.1 Å². The summed E-state index contributed by atoms with van der Waals surface area (Å²) in [5.74, 6) is 0.511. The Kier molecular flexibility index (Phi) is 7.30. The van der Waals surface area contributed by atoms with Crippen LogP contribution in [-0.2, 0) is 0 Å². The van der Waals surface area contributed by atoms with E-state index in [4.69, 9.17) is 16.3 Å². The topological polar surface area (TPSA) is 26.3 Å². The third-order valence-corrected chi connectivity index (χ3v) is 5.18. The van der Waals surface area contributed by atoms with Crippen LogP contribution in [0.15, 0.2) is 72.8 Å². The summed E-state index contributed by atoms with van der Waals surface area (Å²) in [7, 11) is 1.52. The first-order valence-electron chi connectivity index (χ1n) is 7.49. The monoisotopic (exact) mass is 362 g/mol. The summed E-state index contributed by atoms with van der Waals surface area (Å²) < 4.78 is 5.30. The van der Waals surface area contributed by atoms with E-state index in [1.807, 2.05) is 54.6 Å². The maximum atomic E-state index is 12.8. The standard InChI is InChI=1S/C20H16ClO2P.Li.H/c1-23-17-12-7-11-16(21)19(17)20(22)24-18-13-6-5-10-15(18)14-8-3-2-4-9-14;;/h2-13,24H,1H3;;. The zero-order chi connectivity index (χ0) is 16.9. The van der Waals surface area contributed by atoms with E-state index in [0.717, 1.165) is 16.4 Å². The van der Waals surface area contributed by atoms with Crippen LogP contribution in [0.4, 0.5) is 0 Å². The Morgan fingerprint density at radius 3 is 2.32 bits per heavy atom. The van der Waals surface area contributed by atoms with Crippen LogP contribution in [0, 0.1) is 0 Å². The summed E-state index contributed by atoms with van der Waals surface area (Å²) in [5.41, 5.74) is 2.58. The van der Waals surface area contributed by atoms with Crippen molar-refractivity contribution < 1.29 is 9.53 Å². The summed E-state index contributed by atoms with van der Waals surface area (Å²) in [4.78, 5) is 12.8. The predicted octanol–water partition coefficient (Wildman–Crippen LogP) is 4.51. The number of carbonyl (C=O) groups excluding carboxylic acids is 1. The molecular weight excluding hydrogens is 346 g/mol. The molecule has 0 spiro atoms. The SMILES string of the molecule is COc1cccc(Cl)c1C(=O)Pc1ccccc1-c1ccccc1.[LiH]. The number of carbonyl (C=O) groups is 1. The number of ether oxygens (including phenoxy) is 1. The Bertz CT molecular complexity index is 869. The fraction of sp³-hybridized carbons (Fsp3) is 0.0500. The third kappa shape index (κ3) is 4.54. The van der Waals surface area contributed by atoms with E-state index in [1.165, 1.54) is 0 Å². The second kappa shape index (κ2) is 9.23. The number of hydrogen-bond acceptors (Lipinski definition) is 2. The van der Waals surface area contributed by atoms with Gasteiger partial charge < -0.3 is 4.74 Å². The van der Waals surface area contributed by atoms with Crippen LogP contribution in [-0.4, -0.2) is 31.5 Å². The molecular formula is C20H17ClLiO2P. The van der Waals surface area contributed by atoms with Crippen molar-refractivity contribution in [2.24, 2.45) is 0 Å². The molecule has 0 aliphatic heterocycles. The molecule has 3 aromatic rings. The molecule has 1 atom stereocenters. The number of methoxy groups -OCH3 is 1. The van der Waals surface area contributed by atoms with Gasteiger partial charge in [-0.2, -0.15) is 0 Å². The summed E-state index contributed by atoms with van der Waals surface area (Å²) >= 11 is 6.23. The van der Waals surface area contributed by atoms with Gasteiger partial charge in [0.1, 0.15) is 5.75 Å². The fourth-order valence-electron chi connectivity index (χ4n) is 2.54. The summed E-state index contributed by atoms with van der Waals surface area (Å²) in [6.45, 7) is 0. The molecule has 3 rings (SSSR count). The predicted molar refractivity (Wildman–Crippen MR) is 109 cm³/mol. The Hall–Kier alpha value is -1.55. The maximum absolute atomic E-state index is 12.8. The van der Waals surface area contributed by atoms with Gasteiger partial charge in [-0.3, -0.25) is 4.79 Å². The van der Waals surface area contributed by atoms with Crippen LogP contribution >= 0.6 is 20.2 Å². The molecule has 0 aliphatic carbocycles. The second-order valence-corrected chi connectivity index (χ2v) is 6.83. The van der Waals surface area contributed by atoms with E-state index in [-0.39, 0.29) is 33.0 Å². The van der Waals surface area contributed by atoms with E-state index in [0.29, 0.717) is 16.3 Å². The van der Waals surface area contributed by atoms with Gasteiger partial charge in [0.25, 0.3) is 0 Å². The molecule has 0 amide bonds. The minimum absolute atomic E-state index is 0. The van der Waals surface area contributed by atoms with E-state index in [2.05, 4.69) is 0 Å². The average molecular weight is 363 g/mol. The molecule has 0 radical (unpaired) electrons. The normalized spacial score (nSPS) is 10.5. The number of hydrogen-bond donors (Lipinski definition) is 0. The van der Waals surface area contributed by atoms with Gasteiger partial charge in [-0.25, -0.2) is 0 Å². The van der Waals surface area contributed by atoms with Gasteiger partial charge in [0, 0.05) is 0 Å². The first-order valence-corrected chi connectivity index (χ1v) is 8.87. The molecule has 2 nitrogen and oxygen atoms in total. The summed E-state index contributed by atoms with van der Waals surface area (Å²) in [6.07, 6.45) is 0. The average Bonchev–Trinajstić information content (AvgIpc) is 2.62. The van der Waals surface area contributed by atoms with E-state index >= 15 is 0 Å². The molecule has 1 unspecified atom stereocenters. The number of rotatable bonds is 5. The zero-order valence-electron chi connectivity index (χ0n) is 13.1. The van der Waals surface area contributed by atoms with Crippen molar-refractivity contribution in [2.75, 3.05) is 7.11 Å². The van der Waals surface area contributed by atoms with Crippen LogP contribution in [0.25, 0.3) is 11.1 Å². The molecule has 3 aromatic carbocycles. The van der Waals surface area contributed by atoms with Gasteiger partial charge in [0.2, 0.25) is 0 Å². The fourth-order valence-corrected chi connectivity index (χ4v) is 4.04. The Morgan fingerprint density at radius 2 is 1.60 bits per heavy atom. The number of halogens is 1. The van der Waals surface area contributed by atoms with Crippen LogP contribution in [0.3, 0.4) is 0 Å². The molecule has 0 saturated carbocycles. The molecule has 0 aliphatic rings. The molecule has 0 heterocycles. The van der Waals surface area contributed by atoms with Crippen LogP contribution in [0.2, 0.25) is 5.02 Å². The van der Waals surface area contributed by atoms with Crippen molar-refractivity contribution in [3.8, 4) is 16.9 Å². The van der Waals surface area contributed by atoms with Crippen LogP contribution in [0.1, 0.15) is 10.4 Å². The molecule has 0 saturated heterocycles. The van der Waals surface area contributed by atoms with E-state index < -0.39 is 0 Å².